The van der Waals surface area contributed by atoms with Crippen LogP contribution in [0.1, 0.15) is 27.7 Å². The van der Waals surface area contributed by atoms with Crippen LogP contribution in [0.3, 0.4) is 0 Å². The molecule has 1 aromatic heterocycles. The Labute approximate surface area is 149 Å². The Kier molecular flexibility index (Phi) is 5.79. The van der Waals surface area contributed by atoms with E-state index in [9.17, 15) is 4.79 Å². The molecule has 1 amide bonds. The van der Waals surface area contributed by atoms with Gasteiger partial charge in [-0.3, -0.25) is 14.7 Å². The van der Waals surface area contributed by atoms with Crippen LogP contribution in [0.15, 0.2) is 48.7 Å². The number of hydrogen-bond donors (Lipinski definition) is 1. The van der Waals surface area contributed by atoms with Crippen LogP contribution in [-0.2, 0) is 0 Å². The molecule has 1 fully saturated rings. The molecule has 2 aromatic rings. The van der Waals surface area contributed by atoms with E-state index in [-0.39, 0.29) is 5.91 Å². The Morgan fingerprint density at radius 3 is 2.76 bits per heavy atom. The summed E-state index contributed by atoms with van der Waals surface area (Å²) in [5.74, 6) is -0.0454. The van der Waals surface area contributed by atoms with Gasteiger partial charge in [0.25, 0.3) is 5.91 Å². The highest BCUT2D eigenvalue weighted by molar-refractivity contribution is 5.95. The first-order valence-corrected chi connectivity index (χ1v) is 8.82. The van der Waals surface area contributed by atoms with Crippen LogP contribution < -0.4 is 5.32 Å². The number of benzene rings is 1. The number of carbonyl (C=O) groups excluding carboxylic acids is 1. The number of amides is 1. The van der Waals surface area contributed by atoms with E-state index in [1.807, 2.05) is 13.0 Å². The lowest BCUT2D eigenvalue weighted by atomic mass is 10.0. The number of likely N-dealkylation sites (N-methyl/N-ethyl adjacent to an activating group) is 1. The van der Waals surface area contributed by atoms with Crippen LogP contribution in [-0.4, -0.2) is 60.5 Å². The third-order valence-corrected chi connectivity index (χ3v) is 4.81. The number of piperazine rings is 1. The van der Waals surface area contributed by atoms with Gasteiger partial charge >= 0.3 is 0 Å². The molecular weight excluding hydrogens is 312 g/mol. The van der Waals surface area contributed by atoms with E-state index in [0.29, 0.717) is 18.2 Å². The van der Waals surface area contributed by atoms with Gasteiger partial charge in [-0.1, -0.05) is 30.3 Å². The van der Waals surface area contributed by atoms with E-state index in [1.165, 1.54) is 5.56 Å². The first-order chi connectivity index (χ1) is 12.1. The fraction of sp³-hybridized carbons (Fsp3) is 0.400. The minimum Gasteiger partial charge on any atom is -0.351 e. The van der Waals surface area contributed by atoms with Crippen LogP contribution in [0.5, 0.6) is 0 Å². The molecule has 5 nitrogen and oxygen atoms in total. The molecule has 0 saturated carbocycles. The molecule has 3 rings (SSSR count). The fourth-order valence-electron chi connectivity index (χ4n) is 3.35. The van der Waals surface area contributed by atoms with Crippen molar-refractivity contribution in [3.63, 3.8) is 0 Å². The number of carbonyl (C=O) groups is 1. The molecule has 1 aliphatic heterocycles. The van der Waals surface area contributed by atoms with Gasteiger partial charge in [-0.25, -0.2) is 0 Å². The Morgan fingerprint density at radius 1 is 1.20 bits per heavy atom. The number of aryl methyl sites for hydroxylation is 1. The molecular formula is C20H26N4O. The number of pyridine rings is 1. The lowest BCUT2D eigenvalue weighted by Crippen LogP contribution is -2.49. The minimum absolute atomic E-state index is 0.0454. The zero-order valence-electron chi connectivity index (χ0n) is 15.0. The minimum atomic E-state index is -0.0454. The normalized spacial score (nSPS) is 18.9. The Balaban J connectivity index is 1.59. The second-order valence-electron chi connectivity index (χ2n) is 6.62. The molecule has 0 radical (unpaired) electrons. The van der Waals surface area contributed by atoms with E-state index >= 15 is 0 Å². The first-order valence-electron chi connectivity index (χ1n) is 8.82. The van der Waals surface area contributed by atoms with Gasteiger partial charge in [0.05, 0.1) is 5.56 Å². The molecule has 1 atom stereocenters. The molecule has 5 heteroatoms. The van der Waals surface area contributed by atoms with Crippen molar-refractivity contribution in [1.29, 1.82) is 0 Å². The van der Waals surface area contributed by atoms with Crippen molar-refractivity contribution in [2.24, 2.45) is 0 Å². The van der Waals surface area contributed by atoms with Crippen molar-refractivity contribution in [3.05, 3.63) is 65.5 Å². The molecule has 2 heterocycles. The van der Waals surface area contributed by atoms with E-state index in [0.717, 1.165) is 31.9 Å². The maximum absolute atomic E-state index is 12.3. The van der Waals surface area contributed by atoms with Crippen LogP contribution >= 0.6 is 0 Å². The Morgan fingerprint density at radius 2 is 2.00 bits per heavy atom. The second-order valence-corrected chi connectivity index (χ2v) is 6.62. The average Bonchev–Trinajstić information content (AvgIpc) is 2.64. The summed E-state index contributed by atoms with van der Waals surface area (Å²) in [6.45, 7) is 6.43. The maximum Gasteiger partial charge on any atom is 0.253 e. The fourth-order valence-corrected chi connectivity index (χ4v) is 3.35. The summed E-state index contributed by atoms with van der Waals surface area (Å²) in [4.78, 5) is 21.3. The number of aromatic nitrogens is 1. The molecule has 1 aromatic carbocycles. The monoisotopic (exact) mass is 338 g/mol. The predicted molar refractivity (Wildman–Crippen MR) is 99.6 cm³/mol. The summed E-state index contributed by atoms with van der Waals surface area (Å²) in [6.07, 6.45) is 1.71. The van der Waals surface area contributed by atoms with E-state index < -0.39 is 0 Å². The van der Waals surface area contributed by atoms with E-state index in [4.69, 9.17) is 0 Å². The van der Waals surface area contributed by atoms with Gasteiger partial charge in [-0.05, 0) is 31.7 Å². The van der Waals surface area contributed by atoms with Crippen molar-refractivity contribution >= 4 is 5.91 Å². The van der Waals surface area contributed by atoms with Crippen molar-refractivity contribution in [2.75, 3.05) is 39.8 Å². The van der Waals surface area contributed by atoms with Gasteiger partial charge in [-0.15, -0.1) is 0 Å². The van der Waals surface area contributed by atoms with Crippen molar-refractivity contribution < 1.29 is 4.79 Å². The quantitative estimate of drug-likeness (QED) is 0.907. The number of nitrogens with zero attached hydrogens (tertiary/aromatic N) is 3. The maximum atomic E-state index is 12.3. The summed E-state index contributed by atoms with van der Waals surface area (Å²) in [5.41, 5.74) is 2.76. The summed E-state index contributed by atoms with van der Waals surface area (Å²) < 4.78 is 0. The van der Waals surface area contributed by atoms with Crippen LogP contribution in [0.2, 0.25) is 0 Å². The topological polar surface area (TPSA) is 48.5 Å². The molecule has 132 valence electrons. The van der Waals surface area contributed by atoms with Gasteiger partial charge in [0, 0.05) is 50.7 Å². The summed E-state index contributed by atoms with van der Waals surface area (Å²) in [5, 5.41) is 3.04. The van der Waals surface area contributed by atoms with Crippen molar-refractivity contribution in [2.45, 2.75) is 13.0 Å². The van der Waals surface area contributed by atoms with Gasteiger partial charge in [-0.2, -0.15) is 0 Å². The highest BCUT2D eigenvalue weighted by atomic mass is 16.1. The zero-order chi connectivity index (χ0) is 17.6. The van der Waals surface area contributed by atoms with Gasteiger partial charge in [0.1, 0.15) is 0 Å². The molecule has 1 saturated heterocycles. The lowest BCUT2D eigenvalue weighted by molar-refractivity contribution is 0.0842. The Bertz CT molecular complexity index is 704. The first kappa shape index (κ1) is 17.6. The molecule has 0 unspecified atom stereocenters. The van der Waals surface area contributed by atoms with Gasteiger partial charge < -0.3 is 10.2 Å². The van der Waals surface area contributed by atoms with Crippen LogP contribution in [0.4, 0.5) is 0 Å². The zero-order valence-corrected chi connectivity index (χ0v) is 15.0. The average molecular weight is 338 g/mol. The highest BCUT2D eigenvalue weighted by Crippen LogP contribution is 2.24. The largest absolute Gasteiger partial charge is 0.351 e. The SMILES string of the molecule is Cc1ncccc1C(=O)NCCN1CCN(C)C[C@H]1c1ccccc1. The summed E-state index contributed by atoms with van der Waals surface area (Å²) in [7, 11) is 2.17. The van der Waals surface area contributed by atoms with Crippen molar-refractivity contribution in [3.8, 4) is 0 Å². The summed E-state index contributed by atoms with van der Waals surface area (Å²) in [6, 6.07) is 14.6. The number of hydrogen-bond acceptors (Lipinski definition) is 4. The Hall–Kier alpha value is -2.24. The molecule has 1 N–H and O–H groups in total. The van der Waals surface area contributed by atoms with Crippen LogP contribution in [0, 0.1) is 6.92 Å². The number of rotatable bonds is 5. The van der Waals surface area contributed by atoms with Gasteiger partial charge in [0.15, 0.2) is 0 Å². The van der Waals surface area contributed by atoms with Crippen molar-refractivity contribution in [1.82, 2.24) is 20.1 Å². The third-order valence-electron chi connectivity index (χ3n) is 4.81. The second kappa shape index (κ2) is 8.23. The summed E-state index contributed by atoms with van der Waals surface area (Å²) >= 11 is 0. The van der Waals surface area contributed by atoms with E-state index in [2.05, 4.69) is 57.5 Å². The smallest absolute Gasteiger partial charge is 0.253 e. The molecule has 1 aliphatic rings. The standard InChI is InChI=1S/C20H26N4O/c1-16-18(9-6-10-21-16)20(25)22-11-12-24-14-13-23(2)15-19(24)17-7-4-3-5-8-17/h3-10,19H,11-15H2,1-2H3,(H,22,25)/t19-/m0/s1. The molecule has 0 spiro atoms. The van der Waals surface area contributed by atoms with E-state index in [1.54, 1.807) is 12.3 Å². The third kappa shape index (κ3) is 4.44. The highest BCUT2D eigenvalue weighted by Gasteiger charge is 2.26. The van der Waals surface area contributed by atoms with Gasteiger partial charge in [0.2, 0.25) is 0 Å². The lowest BCUT2D eigenvalue weighted by Gasteiger charge is -2.40. The molecule has 0 bridgehead atoms. The van der Waals surface area contributed by atoms with Crippen LogP contribution in [0.25, 0.3) is 0 Å². The molecule has 0 aliphatic carbocycles. The predicted octanol–water partition coefficient (Wildman–Crippen LogP) is 2.11. The number of nitrogens with one attached hydrogen (secondary N) is 1. The molecule has 25 heavy (non-hydrogen) atoms.